The number of fused-ring (bicyclic) bond motifs is 1. The molecule has 2 aliphatic rings. The summed E-state index contributed by atoms with van der Waals surface area (Å²) in [7, 11) is 0. The molecule has 1 atom stereocenters. The third-order valence-corrected chi connectivity index (χ3v) is 4.20. The summed E-state index contributed by atoms with van der Waals surface area (Å²) in [5.41, 5.74) is -2.57. The zero-order chi connectivity index (χ0) is 18.5. The number of rotatable bonds is 2. The lowest BCUT2D eigenvalue weighted by Gasteiger charge is -2.29. The molecule has 0 radical (unpaired) electrons. The fourth-order valence-electron chi connectivity index (χ4n) is 3.03. The van der Waals surface area contributed by atoms with Crippen LogP contribution in [0.15, 0.2) is 12.1 Å². The number of carboxylic acid groups (broad SMARTS) is 1. The van der Waals surface area contributed by atoms with Crippen LogP contribution in [0.2, 0.25) is 0 Å². The highest BCUT2D eigenvalue weighted by Gasteiger charge is 2.42. The van der Waals surface area contributed by atoms with Gasteiger partial charge < -0.3 is 10.0 Å². The molecule has 1 aromatic carbocycles. The molecule has 0 spiro atoms. The Morgan fingerprint density at radius 2 is 1.92 bits per heavy atom. The Labute approximate surface area is 138 Å². The van der Waals surface area contributed by atoms with Gasteiger partial charge in [-0.1, -0.05) is 0 Å². The van der Waals surface area contributed by atoms with Crippen molar-refractivity contribution in [2.45, 2.75) is 31.6 Å². The molecule has 1 unspecified atom stereocenters. The Morgan fingerprint density at radius 1 is 1.24 bits per heavy atom. The fraction of sp³-hybridized carbons (Fsp3) is 0.333. The summed E-state index contributed by atoms with van der Waals surface area (Å²) in [6.45, 7) is -0.196. The normalized spacial score (nSPS) is 20.5. The highest BCUT2D eigenvalue weighted by Crippen LogP contribution is 2.37. The number of aromatic carboxylic acids is 1. The standard InChI is InChI=1S/C15H11F3N2O5/c16-15(17,18)9-4-7-6(3-8(9)14(24)25)5-20(13(7)23)10-1-2-11(21)19-12(10)22/h3-4,10H,1-2,5H2,(H,24,25)(H,19,21,22). The van der Waals surface area contributed by atoms with Crippen LogP contribution in [0.5, 0.6) is 0 Å². The number of alkyl halides is 3. The number of nitrogens with zero attached hydrogens (tertiary/aromatic N) is 1. The summed E-state index contributed by atoms with van der Waals surface area (Å²) in [4.78, 5) is 47.7. The van der Waals surface area contributed by atoms with E-state index in [1.54, 1.807) is 0 Å². The molecule has 2 N–H and O–H groups in total. The van der Waals surface area contributed by atoms with Crippen molar-refractivity contribution in [3.8, 4) is 0 Å². The summed E-state index contributed by atoms with van der Waals surface area (Å²) in [6.07, 6.45) is -4.88. The van der Waals surface area contributed by atoms with Crippen LogP contribution < -0.4 is 5.32 Å². The minimum atomic E-state index is -4.94. The van der Waals surface area contributed by atoms with E-state index in [4.69, 9.17) is 5.11 Å². The average molecular weight is 356 g/mol. The van der Waals surface area contributed by atoms with Gasteiger partial charge in [-0.05, 0) is 24.1 Å². The minimum Gasteiger partial charge on any atom is -0.478 e. The fourth-order valence-corrected chi connectivity index (χ4v) is 3.03. The number of carboxylic acids is 1. The third-order valence-electron chi connectivity index (χ3n) is 4.20. The molecule has 3 amide bonds. The van der Waals surface area contributed by atoms with Crippen molar-refractivity contribution < 1.29 is 37.5 Å². The molecule has 1 fully saturated rings. The first kappa shape index (κ1) is 16.9. The van der Waals surface area contributed by atoms with Crippen molar-refractivity contribution in [2.75, 3.05) is 0 Å². The first-order valence-corrected chi connectivity index (χ1v) is 7.21. The van der Waals surface area contributed by atoms with E-state index in [-0.39, 0.29) is 30.5 Å². The van der Waals surface area contributed by atoms with Crippen LogP contribution in [-0.4, -0.2) is 39.7 Å². The smallest absolute Gasteiger partial charge is 0.417 e. The lowest BCUT2D eigenvalue weighted by atomic mass is 9.99. The maximum Gasteiger partial charge on any atom is 0.417 e. The topological polar surface area (TPSA) is 104 Å². The minimum absolute atomic E-state index is 0.00467. The van der Waals surface area contributed by atoms with Crippen molar-refractivity contribution >= 4 is 23.7 Å². The Hall–Kier alpha value is -2.91. The second-order valence-corrected chi connectivity index (χ2v) is 5.76. The highest BCUT2D eigenvalue weighted by atomic mass is 19.4. The number of carbonyl (C=O) groups excluding carboxylic acids is 3. The third kappa shape index (κ3) is 2.83. The van der Waals surface area contributed by atoms with E-state index in [9.17, 15) is 32.3 Å². The Balaban J connectivity index is 2.00. The molecule has 132 valence electrons. The first-order valence-electron chi connectivity index (χ1n) is 7.21. The number of amides is 3. The lowest BCUT2D eigenvalue weighted by molar-refractivity contribution is -0.138. The maximum atomic E-state index is 13.1. The Morgan fingerprint density at radius 3 is 2.48 bits per heavy atom. The summed E-state index contributed by atoms with van der Waals surface area (Å²) in [6, 6.07) is 0.331. The van der Waals surface area contributed by atoms with Crippen LogP contribution >= 0.6 is 0 Å². The zero-order valence-corrected chi connectivity index (χ0v) is 12.5. The molecule has 7 nitrogen and oxygen atoms in total. The quantitative estimate of drug-likeness (QED) is 0.774. The van der Waals surface area contributed by atoms with Crippen molar-refractivity contribution in [1.29, 1.82) is 0 Å². The number of imide groups is 1. The van der Waals surface area contributed by atoms with Gasteiger partial charge in [0.1, 0.15) is 6.04 Å². The largest absolute Gasteiger partial charge is 0.478 e. The second-order valence-electron chi connectivity index (χ2n) is 5.76. The molecule has 0 bridgehead atoms. The highest BCUT2D eigenvalue weighted by molar-refractivity contribution is 6.06. The van der Waals surface area contributed by atoms with Crippen molar-refractivity contribution in [3.05, 3.63) is 34.4 Å². The molecule has 0 aromatic heterocycles. The molecule has 3 rings (SSSR count). The molecular weight excluding hydrogens is 345 g/mol. The monoisotopic (exact) mass is 356 g/mol. The van der Waals surface area contributed by atoms with E-state index in [2.05, 4.69) is 5.32 Å². The summed E-state index contributed by atoms with van der Waals surface area (Å²) in [5, 5.41) is 11.1. The Bertz CT molecular complexity index is 818. The molecular formula is C15H11F3N2O5. The SMILES string of the molecule is O=C1CCC(N2Cc3cc(C(=O)O)c(C(F)(F)F)cc3C2=O)C(=O)N1. The van der Waals surface area contributed by atoms with E-state index in [0.717, 1.165) is 11.0 Å². The predicted molar refractivity (Wildman–Crippen MR) is 74.4 cm³/mol. The summed E-state index contributed by atoms with van der Waals surface area (Å²) < 4.78 is 39.2. The van der Waals surface area contributed by atoms with Gasteiger partial charge in [0.05, 0.1) is 11.1 Å². The van der Waals surface area contributed by atoms with Crippen molar-refractivity contribution in [2.24, 2.45) is 0 Å². The van der Waals surface area contributed by atoms with E-state index in [1.165, 1.54) is 0 Å². The van der Waals surface area contributed by atoms with E-state index in [0.29, 0.717) is 6.07 Å². The van der Waals surface area contributed by atoms with Gasteiger partial charge in [0.15, 0.2) is 0 Å². The number of carbonyl (C=O) groups is 4. The molecule has 10 heteroatoms. The molecule has 0 saturated carbocycles. The predicted octanol–water partition coefficient (Wildman–Crippen LogP) is 1.16. The molecule has 2 heterocycles. The van der Waals surface area contributed by atoms with E-state index in [1.807, 2.05) is 0 Å². The van der Waals surface area contributed by atoms with Gasteiger partial charge in [0.25, 0.3) is 5.91 Å². The van der Waals surface area contributed by atoms with Crippen LogP contribution in [0, 0.1) is 0 Å². The summed E-state index contributed by atoms with van der Waals surface area (Å²) in [5.74, 6) is -3.75. The number of benzene rings is 1. The van der Waals surface area contributed by atoms with Gasteiger partial charge >= 0.3 is 12.1 Å². The molecule has 0 aliphatic carbocycles. The number of hydrogen-bond donors (Lipinski definition) is 2. The number of halogens is 3. The van der Waals surface area contributed by atoms with Crippen LogP contribution in [0.25, 0.3) is 0 Å². The number of hydrogen-bond acceptors (Lipinski definition) is 4. The van der Waals surface area contributed by atoms with E-state index >= 15 is 0 Å². The van der Waals surface area contributed by atoms with Gasteiger partial charge in [-0.3, -0.25) is 19.7 Å². The molecule has 1 saturated heterocycles. The van der Waals surface area contributed by atoms with Crippen LogP contribution in [0.1, 0.15) is 44.7 Å². The molecule has 1 aromatic rings. The molecule has 25 heavy (non-hydrogen) atoms. The van der Waals surface area contributed by atoms with Crippen molar-refractivity contribution in [3.63, 3.8) is 0 Å². The van der Waals surface area contributed by atoms with Crippen LogP contribution in [0.4, 0.5) is 13.2 Å². The zero-order valence-electron chi connectivity index (χ0n) is 12.5. The van der Waals surface area contributed by atoms with Crippen LogP contribution in [0.3, 0.4) is 0 Å². The van der Waals surface area contributed by atoms with Gasteiger partial charge in [-0.25, -0.2) is 4.79 Å². The van der Waals surface area contributed by atoms with Crippen molar-refractivity contribution in [1.82, 2.24) is 10.2 Å². The maximum absolute atomic E-state index is 13.1. The first-order chi connectivity index (χ1) is 11.6. The number of piperidine rings is 1. The van der Waals surface area contributed by atoms with E-state index < -0.39 is 47.0 Å². The second kappa shape index (κ2) is 5.57. The average Bonchev–Trinajstić information content (AvgIpc) is 2.81. The number of nitrogens with one attached hydrogen (secondary N) is 1. The van der Waals surface area contributed by atoms with Gasteiger partial charge in [0.2, 0.25) is 11.8 Å². The van der Waals surface area contributed by atoms with Gasteiger partial charge in [0, 0.05) is 18.5 Å². The lowest BCUT2D eigenvalue weighted by Crippen LogP contribution is -2.52. The summed E-state index contributed by atoms with van der Waals surface area (Å²) >= 11 is 0. The molecule has 2 aliphatic heterocycles. The van der Waals surface area contributed by atoms with Crippen LogP contribution in [-0.2, 0) is 22.3 Å². The van der Waals surface area contributed by atoms with Gasteiger partial charge in [-0.2, -0.15) is 13.2 Å². The Kier molecular flexibility index (Phi) is 3.77. The van der Waals surface area contributed by atoms with Gasteiger partial charge in [-0.15, -0.1) is 0 Å².